The smallest absolute Gasteiger partial charge is 0.0366 e. The molecule has 0 aliphatic carbocycles. The lowest BCUT2D eigenvalue weighted by atomic mass is 9.84. The number of hydrogen-bond donors (Lipinski definition) is 1. The summed E-state index contributed by atoms with van der Waals surface area (Å²) in [7, 11) is 0. The molecule has 0 saturated heterocycles. The van der Waals surface area contributed by atoms with Crippen molar-refractivity contribution >= 4 is 5.69 Å². The lowest BCUT2D eigenvalue weighted by molar-refractivity contribution is 0.283. The fraction of sp³-hybridized carbons (Fsp3) is 0.647. The van der Waals surface area contributed by atoms with E-state index < -0.39 is 0 Å². The standard InChI is InChI=1S/C17H30N2/c1-5-13-17(4,14-18-6-2)15-19(7-3)16-11-9-8-10-12-16/h8-12,18H,5-7,13-15H2,1-4H3. The molecule has 1 aromatic rings. The molecule has 1 rings (SSSR count). The Kier molecular flexibility index (Phi) is 6.93. The van der Waals surface area contributed by atoms with Crippen LogP contribution in [0.15, 0.2) is 30.3 Å². The average Bonchev–Trinajstić information content (AvgIpc) is 2.44. The fourth-order valence-corrected chi connectivity index (χ4v) is 2.74. The van der Waals surface area contributed by atoms with E-state index in [0.717, 1.165) is 26.2 Å². The highest BCUT2D eigenvalue weighted by Gasteiger charge is 2.25. The van der Waals surface area contributed by atoms with E-state index in [9.17, 15) is 0 Å². The molecule has 1 aromatic carbocycles. The van der Waals surface area contributed by atoms with E-state index in [0.29, 0.717) is 5.41 Å². The molecule has 0 aliphatic rings. The van der Waals surface area contributed by atoms with Crippen LogP contribution < -0.4 is 10.2 Å². The lowest BCUT2D eigenvalue weighted by Crippen LogP contribution is -2.42. The topological polar surface area (TPSA) is 15.3 Å². The number of nitrogens with one attached hydrogen (secondary N) is 1. The SMILES string of the molecule is CCCC(C)(CNCC)CN(CC)c1ccccc1. The Morgan fingerprint density at radius 3 is 2.32 bits per heavy atom. The van der Waals surface area contributed by atoms with Crippen LogP contribution in [0.5, 0.6) is 0 Å². The summed E-state index contributed by atoms with van der Waals surface area (Å²) in [5.74, 6) is 0. The van der Waals surface area contributed by atoms with E-state index in [4.69, 9.17) is 0 Å². The van der Waals surface area contributed by atoms with E-state index in [2.05, 4.69) is 68.2 Å². The molecule has 0 saturated carbocycles. The molecule has 0 aliphatic heterocycles. The predicted molar refractivity (Wildman–Crippen MR) is 85.9 cm³/mol. The van der Waals surface area contributed by atoms with Gasteiger partial charge in [0.2, 0.25) is 0 Å². The van der Waals surface area contributed by atoms with Crippen LogP contribution in [-0.2, 0) is 0 Å². The van der Waals surface area contributed by atoms with E-state index in [1.807, 2.05) is 0 Å². The van der Waals surface area contributed by atoms with Gasteiger partial charge < -0.3 is 10.2 Å². The Hall–Kier alpha value is -1.02. The molecular formula is C17H30N2. The van der Waals surface area contributed by atoms with Crippen LogP contribution in [-0.4, -0.2) is 26.2 Å². The van der Waals surface area contributed by atoms with Crippen LogP contribution in [0.1, 0.15) is 40.5 Å². The van der Waals surface area contributed by atoms with Gasteiger partial charge in [-0.05, 0) is 37.4 Å². The van der Waals surface area contributed by atoms with Gasteiger partial charge in [-0.2, -0.15) is 0 Å². The first kappa shape index (κ1) is 16.0. The van der Waals surface area contributed by atoms with Crippen LogP contribution in [0.25, 0.3) is 0 Å². The Morgan fingerprint density at radius 2 is 1.79 bits per heavy atom. The third-order valence-corrected chi connectivity index (χ3v) is 3.73. The minimum Gasteiger partial charge on any atom is -0.371 e. The van der Waals surface area contributed by atoms with Gasteiger partial charge in [-0.25, -0.2) is 0 Å². The quantitative estimate of drug-likeness (QED) is 0.725. The van der Waals surface area contributed by atoms with Gasteiger partial charge in [-0.1, -0.05) is 45.4 Å². The van der Waals surface area contributed by atoms with Crippen molar-refractivity contribution in [3.8, 4) is 0 Å². The Labute approximate surface area is 119 Å². The third kappa shape index (κ3) is 5.23. The molecule has 0 aromatic heterocycles. The maximum absolute atomic E-state index is 3.53. The molecule has 108 valence electrons. The number of anilines is 1. The summed E-state index contributed by atoms with van der Waals surface area (Å²) in [6.45, 7) is 13.4. The van der Waals surface area contributed by atoms with Gasteiger partial charge in [-0.3, -0.25) is 0 Å². The molecule has 0 heterocycles. The number of benzene rings is 1. The maximum Gasteiger partial charge on any atom is 0.0366 e. The number of hydrogen-bond acceptors (Lipinski definition) is 2. The van der Waals surface area contributed by atoms with Gasteiger partial charge in [0.05, 0.1) is 0 Å². The highest BCUT2D eigenvalue weighted by Crippen LogP contribution is 2.26. The van der Waals surface area contributed by atoms with Gasteiger partial charge in [0, 0.05) is 25.3 Å². The summed E-state index contributed by atoms with van der Waals surface area (Å²) in [5, 5.41) is 3.53. The normalized spacial score (nSPS) is 14.1. The predicted octanol–water partition coefficient (Wildman–Crippen LogP) is 3.93. The lowest BCUT2D eigenvalue weighted by Gasteiger charge is -2.36. The monoisotopic (exact) mass is 262 g/mol. The largest absolute Gasteiger partial charge is 0.371 e. The van der Waals surface area contributed by atoms with Gasteiger partial charge in [0.15, 0.2) is 0 Å². The molecule has 0 amide bonds. The second-order valence-electron chi connectivity index (χ2n) is 5.69. The van der Waals surface area contributed by atoms with Gasteiger partial charge in [0.1, 0.15) is 0 Å². The van der Waals surface area contributed by atoms with E-state index in [1.165, 1.54) is 18.5 Å². The van der Waals surface area contributed by atoms with Crippen LogP contribution in [0, 0.1) is 5.41 Å². The van der Waals surface area contributed by atoms with Crippen molar-refractivity contribution in [1.29, 1.82) is 0 Å². The highest BCUT2D eigenvalue weighted by molar-refractivity contribution is 5.46. The first-order valence-electron chi connectivity index (χ1n) is 7.66. The van der Waals surface area contributed by atoms with Gasteiger partial charge >= 0.3 is 0 Å². The van der Waals surface area contributed by atoms with Crippen LogP contribution >= 0.6 is 0 Å². The van der Waals surface area contributed by atoms with Crippen molar-refractivity contribution in [2.45, 2.75) is 40.5 Å². The molecule has 1 atom stereocenters. The number of rotatable bonds is 9. The summed E-state index contributed by atoms with van der Waals surface area (Å²) >= 11 is 0. The summed E-state index contributed by atoms with van der Waals surface area (Å²) < 4.78 is 0. The molecule has 19 heavy (non-hydrogen) atoms. The Morgan fingerprint density at radius 1 is 1.11 bits per heavy atom. The van der Waals surface area contributed by atoms with Gasteiger partial charge in [0.25, 0.3) is 0 Å². The summed E-state index contributed by atoms with van der Waals surface area (Å²) in [4.78, 5) is 2.49. The van der Waals surface area contributed by atoms with Crippen molar-refractivity contribution in [3.63, 3.8) is 0 Å². The molecule has 2 nitrogen and oxygen atoms in total. The maximum atomic E-state index is 3.53. The number of nitrogens with zero attached hydrogens (tertiary/aromatic N) is 1. The zero-order chi connectivity index (χ0) is 14.1. The van der Waals surface area contributed by atoms with Gasteiger partial charge in [-0.15, -0.1) is 0 Å². The molecule has 1 N–H and O–H groups in total. The van der Waals surface area contributed by atoms with Crippen molar-refractivity contribution in [2.24, 2.45) is 5.41 Å². The number of para-hydroxylation sites is 1. The zero-order valence-corrected chi connectivity index (χ0v) is 13.1. The molecule has 0 radical (unpaired) electrons. The summed E-state index contributed by atoms with van der Waals surface area (Å²) in [6, 6.07) is 10.8. The van der Waals surface area contributed by atoms with Crippen LogP contribution in [0.3, 0.4) is 0 Å². The first-order valence-corrected chi connectivity index (χ1v) is 7.66. The Balaban J connectivity index is 2.75. The van der Waals surface area contributed by atoms with Crippen molar-refractivity contribution in [1.82, 2.24) is 5.32 Å². The first-order chi connectivity index (χ1) is 9.15. The molecule has 0 bridgehead atoms. The average molecular weight is 262 g/mol. The summed E-state index contributed by atoms with van der Waals surface area (Å²) in [5.41, 5.74) is 1.68. The van der Waals surface area contributed by atoms with E-state index in [1.54, 1.807) is 0 Å². The van der Waals surface area contributed by atoms with Crippen molar-refractivity contribution in [2.75, 3.05) is 31.1 Å². The third-order valence-electron chi connectivity index (χ3n) is 3.73. The van der Waals surface area contributed by atoms with Crippen molar-refractivity contribution < 1.29 is 0 Å². The highest BCUT2D eigenvalue weighted by atomic mass is 15.1. The van der Waals surface area contributed by atoms with E-state index >= 15 is 0 Å². The van der Waals surface area contributed by atoms with Crippen LogP contribution in [0.2, 0.25) is 0 Å². The second-order valence-corrected chi connectivity index (χ2v) is 5.69. The fourth-order valence-electron chi connectivity index (χ4n) is 2.74. The minimum absolute atomic E-state index is 0.344. The Bertz CT molecular complexity index is 336. The molecular weight excluding hydrogens is 232 g/mol. The summed E-state index contributed by atoms with van der Waals surface area (Å²) in [6.07, 6.45) is 2.51. The molecule has 2 heteroatoms. The molecule has 1 unspecified atom stereocenters. The van der Waals surface area contributed by atoms with E-state index in [-0.39, 0.29) is 0 Å². The van der Waals surface area contributed by atoms with Crippen molar-refractivity contribution in [3.05, 3.63) is 30.3 Å². The second kappa shape index (κ2) is 8.21. The molecule has 0 spiro atoms. The molecule has 0 fully saturated rings. The minimum atomic E-state index is 0.344. The zero-order valence-electron chi connectivity index (χ0n) is 13.1. The van der Waals surface area contributed by atoms with Crippen LogP contribution in [0.4, 0.5) is 5.69 Å².